The second kappa shape index (κ2) is 12.6. The molecule has 0 radical (unpaired) electrons. The van der Waals surface area contributed by atoms with Gasteiger partial charge in [-0.3, -0.25) is 0 Å². The molecule has 6 aromatic carbocycles. The minimum atomic E-state index is -10.7. The van der Waals surface area contributed by atoms with Crippen molar-refractivity contribution in [2.75, 3.05) is 0 Å². The third-order valence-corrected chi connectivity index (χ3v) is 15.5. The van der Waals surface area contributed by atoms with Gasteiger partial charge in [0.25, 0.3) is 0 Å². The molecule has 0 aliphatic heterocycles. The van der Waals surface area contributed by atoms with Gasteiger partial charge >= 0.3 is 47.1 Å². The first-order chi connectivity index (χ1) is 21.8. The number of rotatable bonds is 6. The van der Waals surface area contributed by atoms with E-state index in [1.807, 2.05) is 0 Å². The van der Waals surface area contributed by atoms with Crippen LogP contribution in [0.1, 0.15) is 0 Å². The van der Waals surface area contributed by atoms with Crippen molar-refractivity contribution < 1.29 is 25.2 Å². The summed E-state index contributed by atoms with van der Waals surface area (Å²) in [5, 5.41) is 7.55. The zero-order chi connectivity index (χ0) is 32.8. The molecule has 1 nitrogen and oxygen atoms in total. The van der Waals surface area contributed by atoms with Gasteiger partial charge in [-0.05, 0) is 72.8 Å². The summed E-state index contributed by atoms with van der Waals surface area (Å²) in [5.41, 5.74) is 0. The van der Waals surface area contributed by atoms with E-state index in [1.54, 1.807) is 0 Å². The van der Waals surface area contributed by atoms with Gasteiger partial charge in [-0.2, -0.15) is 0 Å². The fraction of sp³-hybridized carbons (Fsp3) is 0. The Kier molecular flexibility index (Phi) is 9.11. The Morgan fingerprint density at radius 2 is 0.413 bits per heavy atom. The largest absolute Gasteiger partial charge is 0.301 e. The van der Waals surface area contributed by atoms with Crippen LogP contribution in [0, 0.1) is 0 Å². The zero-order valence-electron chi connectivity index (χ0n) is 24.4. The van der Waals surface area contributed by atoms with Gasteiger partial charge in [0, 0.05) is 0 Å². The van der Waals surface area contributed by atoms with Crippen LogP contribution in [0.15, 0.2) is 182 Å². The minimum Gasteiger partial charge on any atom is -0.148 e. The van der Waals surface area contributed by atoms with Gasteiger partial charge in [0.05, 0.1) is 31.8 Å². The van der Waals surface area contributed by atoms with E-state index in [4.69, 9.17) is 4.17 Å². The van der Waals surface area contributed by atoms with Crippen LogP contribution in [0.3, 0.4) is 0 Å². The smallest absolute Gasteiger partial charge is 0.148 e. The van der Waals surface area contributed by atoms with Crippen LogP contribution < -0.4 is 36.0 Å². The van der Waals surface area contributed by atoms with Crippen molar-refractivity contribution >= 4 is 53.7 Å². The Morgan fingerprint density at radius 1 is 0.283 bits per heavy atom. The topological polar surface area (TPSA) is 14.1 Å². The second-order valence-corrected chi connectivity index (χ2v) is 18.6. The molecule has 0 saturated heterocycles. The summed E-state index contributed by atoms with van der Waals surface area (Å²) in [6, 6.07) is 65.7. The minimum absolute atomic E-state index is 1.26. The number of halogens is 6. The van der Waals surface area contributed by atoms with Gasteiger partial charge in [-0.25, -0.2) is 0 Å². The molecule has 0 spiro atoms. The fourth-order valence-electron chi connectivity index (χ4n) is 5.27. The predicted octanol–water partition coefficient (Wildman–Crippen LogP) is 9.79. The maximum absolute atomic E-state index is 10.7. The van der Waals surface area contributed by atoms with Crippen LogP contribution in [0.25, 0.3) is 0 Å². The van der Waals surface area contributed by atoms with E-state index >= 15 is 0 Å². The Morgan fingerprint density at radius 3 is 0.543 bits per heavy atom. The van der Waals surface area contributed by atoms with Crippen molar-refractivity contribution in [1.29, 1.82) is 0 Å². The summed E-state index contributed by atoms with van der Waals surface area (Å²) in [7, 11) is -15.7. The van der Waals surface area contributed by atoms with Crippen LogP contribution in [-0.2, 0) is 0 Å². The summed E-state index contributed by atoms with van der Waals surface area (Å²) >= 11 is 0. The van der Waals surface area contributed by atoms with Gasteiger partial charge < -0.3 is 0 Å². The Labute approximate surface area is 264 Å². The molecular weight excluding hydrogens is 653 g/mol. The predicted molar refractivity (Wildman–Crippen MR) is 186 cm³/mol. The number of hydrogen-bond donors (Lipinski definition) is 0. The van der Waals surface area contributed by atoms with Gasteiger partial charge in [0.2, 0.25) is 0 Å². The first-order valence-corrected chi connectivity index (χ1v) is 19.7. The van der Waals surface area contributed by atoms with E-state index in [0.29, 0.717) is 0 Å². The Hall–Kier alpha value is -4.10. The van der Waals surface area contributed by atoms with E-state index in [2.05, 4.69) is 182 Å². The average Bonchev–Trinajstić information content (AvgIpc) is 3.07. The van der Waals surface area contributed by atoms with Crippen molar-refractivity contribution in [3.63, 3.8) is 0 Å². The first kappa shape index (κ1) is 33.3. The average molecular weight is 684 g/mol. The quantitative estimate of drug-likeness (QED) is 0.0944. The van der Waals surface area contributed by atoms with Crippen molar-refractivity contribution in [1.82, 2.24) is 4.17 Å². The number of hydrogen-bond acceptors (Lipinski definition) is 0. The van der Waals surface area contributed by atoms with Crippen molar-refractivity contribution in [2.45, 2.75) is 0 Å². The summed E-state index contributed by atoms with van der Waals surface area (Å²) < 4.78 is 65.6. The summed E-state index contributed by atoms with van der Waals surface area (Å²) in [6.07, 6.45) is 0. The zero-order valence-corrected chi connectivity index (χ0v) is 27.1. The molecule has 0 N–H and O–H groups in total. The molecule has 0 fully saturated rings. The molecule has 0 heterocycles. The fourth-order valence-corrected chi connectivity index (χ4v) is 14.8. The molecule has 6 aromatic rings. The van der Waals surface area contributed by atoms with Gasteiger partial charge in [0.1, 0.15) is 0 Å². The number of benzene rings is 6. The molecule has 0 aromatic heterocycles. The molecule has 46 heavy (non-hydrogen) atoms. The third-order valence-electron chi connectivity index (χ3n) is 7.05. The number of nitrogens with zero attached hydrogens (tertiary/aromatic N) is 1. The molecule has 0 amide bonds. The van der Waals surface area contributed by atoms with E-state index in [1.165, 1.54) is 31.8 Å². The van der Waals surface area contributed by atoms with E-state index in [-0.39, 0.29) is 0 Å². The normalized spacial score (nSPS) is 13.3. The Bertz CT molecular complexity index is 1650. The monoisotopic (exact) mass is 683 g/mol. The second-order valence-electron chi connectivity index (χ2n) is 10.3. The van der Waals surface area contributed by atoms with Crippen molar-refractivity contribution in [3.05, 3.63) is 182 Å². The van der Waals surface area contributed by atoms with Crippen LogP contribution in [0.5, 0.6) is 0 Å². The third kappa shape index (κ3) is 8.18. The molecule has 10 heteroatoms. The Balaban J connectivity index is 0.000000537. The molecule has 0 bridgehead atoms. The standard InChI is InChI=1S/C36H30NP2.F6P/c1-7-19-31(20-8-1)38(32-21-9-2-10-22-32,33-23-11-3-12-24-33)37-39(34-25-13-4-14-26-34,35-27-15-5-16-28-35)36-29-17-6-18-30-36;1-7(2,3,4,5)6/h1-30H;/q+1;-1. The van der Waals surface area contributed by atoms with Gasteiger partial charge in [-0.15, -0.1) is 4.17 Å². The molecule has 0 aliphatic rings. The van der Waals surface area contributed by atoms with E-state index < -0.39 is 21.9 Å². The maximum Gasteiger partial charge on any atom is 0.301 e. The summed E-state index contributed by atoms with van der Waals surface area (Å²) in [6.45, 7) is 0. The molecule has 0 aliphatic carbocycles. The first-order valence-electron chi connectivity index (χ1n) is 14.2. The molecule has 6 rings (SSSR count). The van der Waals surface area contributed by atoms with Gasteiger partial charge in [-0.1, -0.05) is 109 Å². The summed E-state index contributed by atoms with van der Waals surface area (Å²) in [5.74, 6) is 0. The van der Waals surface area contributed by atoms with E-state index in [9.17, 15) is 25.2 Å². The summed E-state index contributed by atoms with van der Waals surface area (Å²) in [4.78, 5) is 0. The molecule has 0 saturated carbocycles. The van der Waals surface area contributed by atoms with Crippen LogP contribution >= 0.6 is 21.9 Å². The maximum atomic E-state index is 9.87. The van der Waals surface area contributed by atoms with Crippen LogP contribution in [0.2, 0.25) is 0 Å². The SMILES string of the molecule is F[P-](F)(F)(F)(F)F.c1ccc(P(=[N+]=P(c2ccccc2)(c2ccccc2)c2ccccc2)(c2ccccc2)c2ccccc2)cc1. The van der Waals surface area contributed by atoms with Crippen molar-refractivity contribution in [3.8, 4) is 0 Å². The van der Waals surface area contributed by atoms with Crippen LogP contribution in [0.4, 0.5) is 25.2 Å². The molecule has 0 unspecified atom stereocenters. The van der Waals surface area contributed by atoms with Gasteiger partial charge in [0.15, 0.2) is 0 Å². The van der Waals surface area contributed by atoms with E-state index in [0.717, 1.165) is 0 Å². The van der Waals surface area contributed by atoms with Crippen molar-refractivity contribution in [2.24, 2.45) is 0 Å². The molecule has 0 atom stereocenters. The van der Waals surface area contributed by atoms with Crippen LogP contribution in [-0.4, -0.2) is 0 Å². The molecular formula is C36H30F6NP3. The molecule has 236 valence electrons.